The number of hydrogen-bond acceptors (Lipinski definition) is 2. The van der Waals surface area contributed by atoms with Gasteiger partial charge in [0.2, 0.25) is 0 Å². The highest BCUT2D eigenvalue weighted by Gasteiger charge is 2.61. The maximum atomic E-state index is 11.7. The van der Waals surface area contributed by atoms with Crippen molar-refractivity contribution in [2.45, 2.75) is 63.9 Å². The van der Waals surface area contributed by atoms with Crippen molar-refractivity contribution in [2.24, 2.45) is 17.8 Å². The van der Waals surface area contributed by atoms with E-state index in [2.05, 4.69) is 20.8 Å². The normalized spacial score (nSPS) is 30.9. The Hall–Kier alpha value is -2.13. The minimum absolute atomic E-state index is 0.0289. The van der Waals surface area contributed by atoms with Crippen molar-refractivity contribution in [3.8, 4) is 0 Å². The molecule has 5 unspecified atom stereocenters. The molecule has 2 aromatic rings. The van der Waals surface area contributed by atoms with Gasteiger partial charge in [-0.15, -0.1) is 0 Å². The van der Waals surface area contributed by atoms with Crippen LogP contribution in [0.15, 0.2) is 60.7 Å². The minimum atomic E-state index is -0.720. The van der Waals surface area contributed by atoms with E-state index in [-0.39, 0.29) is 12.0 Å². The van der Waals surface area contributed by atoms with E-state index in [9.17, 15) is 15.0 Å². The lowest BCUT2D eigenvalue weighted by Crippen LogP contribution is -2.31. The summed E-state index contributed by atoms with van der Waals surface area (Å²) in [5.41, 5.74) is 1.30. The number of hydrogen-bond donors (Lipinski definition) is 2. The van der Waals surface area contributed by atoms with Gasteiger partial charge in [-0.3, -0.25) is 4.79 Å². The Balaban J connectivity index is 0.000000188. The zero-order chi connectivity index (χ0) is 21.0. The molecule has 0 spiro atoms. The average molecular weight is 395 g/mol. The van der Waals surface area contributed by atoms with Gasteiger partial charge in [0.15, 0.2) is 0 Å². The summed E-state index contributed by atoms with van der Waals surface area (Å²) in [5, 5.41) is 19.3. The molecule has 0 amide bonds. The second-order valence-electron chi connectivity index (χ2n) is 9.20. The summed E-state index contributed by atoms with van der Waals surface area (Å²) in [6.07, 6.45) is 4.21. The molecule has 2 aromatic carbocycles. The fourth-order valence-corrected chi connectivity index (χ4v) is 4.92. The first-order valence-corrected chi connectivity index (χ1v) is 10.9. The van der Waals surface area contributed by atoms with Crippen molar-refractivity contribution in [3.05, 3.63) is 71.8 Å². The number of carbonyl (C=O) groups is 1. The molecule has 3 nitrogen and oxygen atoms in total. The largest absolute Gasteiger partial charge is 0.481 e. The van der Waals surface area contributed by atoms with Crippen LogP contribution in [-0.2, 0) is 10.2 Å². The van der Waals surface area contributed by atoms with Crippen molar-refractivity contribution in [3.63, 3.8) is 0 Å². The molecule has 2 fully saturated rings. The van der Waals surface area contributed by atoms with Gasteiger partial charge in [-0.25, -0.2) is 0 Å². The topological polar surface area (TPSA) is 57.5 Å². The van der Waals surface area contributed by atoms with Crippen molar-refractivity contribution < 1.29 is 15.0 Å². The third-order valence-electron chi connectivity index (χ3n) is 6.82. The maximum absolute atomic E-state index is 11.7. The summed E-state index contributed by atoms with van der Waals surface area (Å²) in [6.45, 7) is 6.66. The highest BCUT2D eigenvalue weighted by molar-refractivity contribution is 5.87. The zero-order valence-electron chi connectivity index (χ0n) is 17.8. The lowest BCUT2D eigenvalue weighted by atomic mass is 9.75. The van der Waals surface area contributed by atoms with Gasteiger partial charge >= 0.3 is 5.97 Å². The van der Waals surface area contributed by atoms with Gasteiger partial charge in [-0.1, -0.05) is 87.9 Å². The Bertz CT molecular complexity index is 786. The Kier molecular flexibility index (Phi) is 6.79. The molecule has 29 heavy (non-hydrogen) atoms. The van der Waals surface area contributed by atoms with E-state index in [1.54, 1.807) is 0 Å². The molecule has 0 aliphatic heterocycles. The fraction of sp³-hybridized carbons (Fsp3) is 0.500. The number of benzene rings is 2. The van der Waals surface area contributed by atoms with Crippen LogP contribution in [-0.4, -0.2) is 22.3 Å². The smallest absolute Gasteiger partial charge is 0.314 e. The lowest BCUT2D eigenvalue weighted by molar-refractivity contribution is -0.140. The Morgan fingerprint density at radius 3 is 2.10 bits per heavy atom. The summed E-state index contributed by atoms with van der Waals surface area (Å²) in [6, 6.07) is 19.5. The van der Waals surface area contributed by atoms with Gasteiger partial charge in [0, 0.05) is 5.92 Å². The molecule has 4 rings (SSSR count). The molecule has 0 radical (unpaired) electrons. The van der Waals surface area contributed by atoms with E-state index in [0.717, 1.165) is 23.5 Å². The van der Waals surface area contributed by atoms with E-state index in [0.29, 0.717) is 18.3 Å². The van der Waals surface area contributed by atoms with Crippen LogP contribution < -0.4 is 0 Å². The molecular formula is C26H34O3. The van der Waals surface area contributed by atoms with Crippen LogP contribution in [0.1, 0.15) is 63.5 Å². The van der Waals surface area contributed by atoms with Crippen LogP contribution in [0.3, 0.4) is 0 Å². The first-order chi connectivity index (χ1) is 13.9. The van der Waals surface area contributed by atoms with E-state index < -0.39 is 11.4 Å². The second kappa shape index (κ2) is 9.13. The van der Waals surface area contributed by atoms with Crippen LogP contribution in [0.25, 0.3) is 0 Å². The van der Waals surface area contributed by atoms with Gasteiger partial charge in [0.05, 0.1) is 6.10 Å². The fourth-order valence-electron chi connectivity index (χ4n) is 4.92. The molecule has 3 heteroatoms. The molecule has 5 atom stereocenters. The summed E-state index contributed by atoms with van der Waals surface area (Å²) in [7, 11) is 0. The van der Waals surface area contributed by atoms with Gasteiger partial charge in [0.1, 0.15) is 5.41 Å². The summed E-state index contributed by atoms with van der Waals surface area (Å²) < 4.78 is 0. The molecule has 156 valence electrons. The Morgan fingerprint density at radius 2 is 1.59 bits per heavy atom. The quantitative estimate of drug-likeness (QED) is 0.706. The van der Waals surface area contributed by atoms with Crippen LogP contribution in [0.4, 0.5) is 0 Å². The Morgan fingerprint density at radius 1 is 1.00 bits per heavy atom. The maximum Gasteiger partial charge on any atom is 0.314 e. The first-order valence-electron chi connectivity index (χ1n) is 10.9. The summed E-state index contributed by atoms with van der Waals surface area (Å²) >= 11 is 0. The number of aliphatic hydroxyl groups is 1. The third-order valence-corrected chi connectivity index (χ3v) is 6.82. The van der Waals surface area contributed by atoms with Gasteiger partial charge in [-0.2, -0.15) is 0 Å². The highest BCUT2D eigenvalue weighted by atomic mass is 16.4. The van der Waals surface area contributed by atoms with Gasteiger partial charge < -0.3 is 10.2 Å². The highest BCUT2D eigenvalue weighted by Crippen LogP contribution is 2.60. The molecule has 2 N–H and O–H groups in total. The molecule has 2 aliphatic carbocycles. The molecule has 0 heterocycles. The van der Waals surface area contributed by atoms with E-state index in [1.807, 2.05) is 60.7 Å². The number of aliphatic hydroxyl groups excluding tert-OH is 1. The number of carboxylic acids is 1. The number of carboxylic acid groups (broad SMARTS) is 1. The molecule has 2 saturated carbocycles. The van der Waals surface area contributed by atoms with Crippen molar-refractivity contribution in [2.75, 3.05) is 0 Å². The van der Waals surface area contributed by atoms with Crippen molar-refractivity contribution >= 4 is 5.97 Å². The zero-order valence-corrected chi connectivity index (χ0v) is 17.8. The average Bonchev–Trinajstić information content (AvgIpc) is 3.47. The van der Waals surface area contributed by atoms with E-state index in [1.165, 1.54) is 12.8 Å². The number of rotatable bonds is 4. The molecule has 0 aromatic heterocycles. The van der Waals surface area contributed by atoms with Crippen LogP contribution in [0, 0.1) is 17.8 Å². The molecule has 0 bridgehead atoms. The predicted molar refractivity (Wildman–Crippen MR) is 117 cm³/mol. The van der Waals surface area contributed by atoms with Crippen molar-refractivity contribution in [1.82, 2.24) is 0 Å². The van der Waals surface area contributed by atoms with Crippen LogP contribution >= 0.6 is 0 Å². The van der Waals surface area contributed by atoms with E-state index >= 15 is 0 Å². The minimum Gasteiger partial charge on any atom is -0.481 e. The Labute approximate surface area is 174 Å². The first kappa shape index (κ1) is 21.6. The lowest BCUT2D eigenvalue weighted by Gasteiger charge is -2.33. The van der Waals surface area contributed by atoms with E-state index in [4.69, 9.17) is 0 Å². The summed E-state index contributed by atoms with van der Waals surface area (Å²) in [4.78, 5) is 11.7. The molecular weight excluding hydrogens is 360 g/mol. The van der Waals surface area contributed by atoms with Crippen molar-refractivity contribution in [1.29, 1.82) is 0 Å². The predicted octanol–water partition coefficient (Wildman–Crippen LogP) is 5.64. The second-order valence-corrected chi connectivity index (χ2v) is 9.20. The van der Waals surface area contributed by atoms with Crippen LogP contribution in [0.2, 0.25) is 0 Å². The summed E-state index contributed by atoms with van der Waals surface area (Å²) in [5.74, 6) is 1.32. The third kappa shape index (κ3) is 4.72. The van der Waals surface area contributed by atoms with Gasteiger partial charge in [0.25, 0.3) is 0 Å². The monoisotopic (exact) mass is 394 g/mol. The van der Waals surface area contributed by atoms with Crippen LogP contribution in [0.5, 0.6) is 0 Å². The standard InChI is InChI=1S/C16H14O2.C10H20O/c17-15(18)16(13-9-5-2-6-10-13)11-14(16)12-7-3-1-4-8-12;1-7(2)9-5-4-8(3)6-10(9)11/h1-10,14H,11H2,(H,17,18);7-11H,4-6H2,1-3H3. The molecule has 2 aliphatic rings. The van der Waals surface area contributed by atoms with Gasteiger partial charge in [-0.05, 0) is 48.1 Å². The number of aliphatic carboxylic acids is 1. The SMILES string of the molecule is CC1CCC(C(C)C)C(O)C1.O=C(O)C1(c2ccccc2)CC1c1ccccc1. The molecule has 0 saturated heterocycles.